The van der Waals surface area contributed by atoms with Gasteiger partial charge in [-0.2, -0.15) is 0 Å². The number of unbranched alkanes of at least 4 members (excludes halogenated alkanes) is 5. The molecule has 2 heterocycles. The number of hydrogen-bond donors (Lipinski definition) is 5. The maximum atomic E-state index is 14.4. The van der Waals surface area contributed by atoms with E-state index in [2.05, 4.69) is 55.9 Å². The van der Waals surface area contributed by atoms with Gasteiger partial charge in [-0.3, -0.25) is 24.0 Å². The predicted octanol–water partition coefficient (Wildman–Crippen LogP) is 6.88. The van der Waals surface area contributed by atoms with Crippen molar-refractivity contribution < 1.29 is 42.8 Å². The number of carbonyl (C=O) groups is 5. The van der Waals surface area contributed by atoms with Crippen LogP contribution in [0.1, 0.15) is 139 Å². The molecule has 3 aromatic rings. The maximum absolute atomic E-state index is 14.4. The minimum Gasteiger partial charge on any atom is -0.496 e. The van der Waals surface area contributed by atoms with Gasteiger partial charge in [0.15, 0.2) is 0 Å². The van der Waals surface area contributed by atoms with Crippen molar-refractivity contribution in [1.29, 1.82) is 0 Å². The molecule has 71 heavy (non-hydrogen) atoms. The number of amides is 5. The molecule has 2 aliphatic heterocycles. The SMILES string of the molecule is CCCCCCCCc1ccc(C(=O)NCC(=O)N(C)C2C(=O)N[C@@H](C)C(=O)NC(C(=O)N[C@@H](C)B3O[C@@H]4CC5CC(C5(C)C)[C@]4(C)O3)Cc3ccc(OC)c(c3)-c3cc2ccc3OC)cc1.CCCN. The number of nitrogens with two attached hydrogens (primary N) is 1. The minimum atomic E-state index is -1.25. The van der Waals surface area contributed by atoms with Gasteiger partial charge in [0.1, 0.15) is 29.6 Å². The summed E-state index contributed by atoms with van der Waals surface area (Å²) in [4.78, 5) is 71.2. The Balaban J connectivity index is 0.00000199. The predicted molar refractivity (Wildman–Crippen MR) is 277 cm³/mol. The molecule has 5 amide bonds. The number of likely N-dealkylation sites (N-methyl/N-ethyl adjacent to an activating group) is 1. The van der Waals surface area contributed by atoms with Crippen LogP contribution in [0, 0.1) is 17.3 Å². The topological polar surface area (TPSA) is 200 Å². The van der Waals surface area contributed by atoms with Crippen molar-refractivity contribution in [3.8, 4) is 22.6 Å². The number of nitrogens with one attached hydrogen (secondary N) is 4. The van der Waals surface area contributed by atoms with E-state index in [4.69, 9.17) is 24.5 Å². The Kier molecular flexibility index (Phi) is 18.8. The fourth-order valence-corrected chi connectivity index (χ4v) is 10.8. The summed E-state index contributed by atoms with van der Waals surface area (Å²) in [5, 5.41) is 11.5. The van der Waals surface area contributed by atoms with Crippen LogP contribution >= 0.6 is 0 Å². The fraction of sp³-hybridized carbons (Fsp3) is 0.582. The molecule has 0 aromatic heterocycles. The van der Waals surface area contributed by atoms with E-state index < -0.39 is 72.9 Å². The van der Waals surface area contributed by atoms with Crippen molar-refractivity contribution in [3.63, 3.8) is 0 Å². The van der Waals surface area contributed by atoms with E-state index in [0.29, 0.717) is 51.2 Å². The van der Waals surface area contributed by atoms with Gasteiger partial charge in [0.05, 0.1) is 38.4 Å². The molecule has 3 saturated carbocycles. The van der Waals surface area contributed by atoms with E-state index in [-0.39, 0.29) is 17.9 Å². The third kappa shape index (κ3) is 12.6. The maximum Gasteiger partial charge on any atom is 0.481 e. The lowest BCUT2D eigenvalue weighted by Crippen LogP contribution is -2.65. The van der Waals surface area contributed by atoms with E-state index in [1.54, 1.807) is 43.5 Å². The number of benzene rings is 3. The van der Waals surface area contributed by atoms with Crippen LogP contribution in [0.3, 0.4) is 0 Å². The summed E-state index contributed by atoms with van der Waals surface area (Å²) in [5.74, 6) is -1.33. The Morgan fingerprint density at radius 2 is 1.52 bits per heavy atom. The largest absolute Gasteiger partial charge is 0.496 e. The molecule has 3 aromatic carbocycles. The van der Waals surface area contributed by atoms with Gasteiger partial charge in [0, 0.05) is 30.2 Å². The Labute approximate surface area is 421 Å². The number of hydrogen-bond acceptors (Lipinski definition) is 10. The van der Waals surface area contributed by atoms with E-state index in [1.807, 2.05) is 31.2 Å². The molecule has 8 rings (SSSR count). The van der Waals surface area contributed by atoms with Crippen LogP contribution in [0.25, 0.3) is 11.1 Å². The molecule has 4 fully saturated rings. The van der Waals surface area contributed by atoms with Crippen molar-refractivity contribution in [2.45, 2.75) is 155 Å². The molecule has 5 aliphatic rings. The van der Waals surface area contributed by atoms with E-state index in [0.717, 1.165) is 44.2 Å². The number of fused-ring (bicyclic) bond motifs is 5. The average Bonchev–Trinajstić information content (AvgIpc) is 3.74. The van der Waals surface area contributed by atoms with Crippen molar-refractivity contribution in [1.82, 2.24) is 26.2 Å². The number of carbonyl (C=O) groups excluding carboxylic acids is 5. The van der Waals surface area contributed by atoms with Gasteiger partial charge in [-0.15, -0.1) is 0 Å². The quantitative estimate of drug-likeness (QED) is 0.0702. The van der Waals surface area contributed by atoms with E-state index in [9.17, 15) is 24.0 Å². The lowest BCUT2D eigenvalue weighted by atomic mass is 9.43. The van der Waals surface area contributed by atoms with E-state index >= 15 is 0 Å². The molecule has 16 heteroatoms. The highest BCUT2D eigenvalue weighted by Crippen LogP contribution is 2.65. The Morgan fingerprint density at radius 1 is 0.873 bits per heavy atom. The molecule has 6 N–H and O–H groups in total. The molecule has 15 nitrogen and oxygen atoms in total. The Bertz CT molecular complexity index is 2340. The van der Waals surface area contributed by atoms with Crippen LogP contribution in [-0.4, -0.2) is 106 Å². The number of ether oxygens (including phenoxy) is 2. The number of aryl methyl sites for hydroxylation is 1. The average molecular weight is 979 g/mol. The highest BCUT2D eigenvalue weighted by molar-refractivity contribution is 6.47. The molecule has 4 unspecified atom stereocenters. The first-order valence-electron chi connectivity index (χ1n) is 25.8. The van der Waals surface area contributed by atoms with Gasteiger partial charge >= 0.3 is 7.12 Å². The molecule has 0 spiro atoms. The van der Waals surface area contributed by atoms with Gasteiger partial charge in [-0.25, -0.2) is 0 Å². The zero-order chi connectivity index (χ0) is 51.6. The molecular formula is C55H79BN6O9. The zero-order valence-corrected chi connectivity index (χ0v) is 43.8. The van der Waals surface area contributed by atoms with Crippen LogP contribution in [0.15, 0.2) is 60.7 Å². The molecule has 6 bridgehead atoms. The van der Waals surface area contributed by atoms with Crippen LogP contribution in [0.5, 0.6) is 11.5 Å². The Morgan fingerprint density at radius 3 is 2.17 bits per heavy atom. The highest BCUT2D eigenvalue weighted by atomic mass is 16.7. The van der Waals surface area contributed by atoms with Crippen LogP contribution < -0.4 is 36.5 Å². The third-order valence-corrected chi connectivity index (χ3v) is 15.4. The van der Waals surface area contributed by atoms with Gasteiger partial charge in [-0.1, -0.05) is 84.1 Å². The second-order valence-corrected chi connectivity index (χ2v) is 20.7. The normalized spacial score (nSPS) is 24.5. The van der Waals surface area contributed by atoms with E-state index in [1.165, 1.54) is 58.1 Å². The second kappa shape index (κ2) is 24.3. The summed E-state index contributed by atoms with van der Waals surface area (Å²) >= 11 is 0. The van der Waals surface area contributed by atoms with Gasteiger partial charge in [0.2, 0.25) is 23.6 Å². The summed E-state index contributed by atoms with van der Waals surface area (Å²) in [5.41, 5.74) is 8.60. The smallest absolute Gasteiger partial charge is 0.481 e. The first-order chi connectivity index (χ1) is 33.9. The fourth-order valence-electron chi connectivity index (χ4n) is 10.8. The third-order valence-electron chi connectivity index (χ3n) is 15.4. The lowest BCUT2D eigenvalue weighted by Gasteiger charge is -2.64. The van der Waals surface area contributed by atoms with Crippen molar-refractivity contribution in [2.24, 2.45) is 23.0 Å². The van der Waals surface area contributed by atoms with Gasteiger partial charge < -0.3 is 50.7 Å². The first kappa shape index (κ1) is 54.9. The van der Waals surface area contributed by atoms with Crippen LogP contribution in [0.4, 0.5) is 0 Å². The molecule has 0 radical (unpaired) electrons. The number of rotatable bonds is 17. The van der Waals surface area contributed by atoms with Crippen molar-refractivity contribution in [2.75, 3.05) is 34.4 Å². The minimum absolute atomic E-state index is 0.0698. The summed E-state index contributed by atoms with van der Waals surface area (Å²) in [7, 11) is 3.88. The molecular weight excluding hydrogens is 899 g/mol. The second-order valence-electron chi connectivity index (χ2n) is 20.7. The lowest BCUT2D eigenvalue weighted by molar-refractivity contribution is -0.199. The summed E-state index contributed by atoms with van der Waals surface area (Å²) in [6.07, 6.45) is 11.3. The monoisotopic (exact) mass is 979 g/mol. The molecule has 3 aliphatic carbocycles. The van der Waals surface area contributed by atoms with Gasteiger partial charge in [0.25, 0.3) is 5.91 Å². The molecule has 8 atom stereocenters. The molecule has 1 saturated heterocycles. The Hall–Kier alpha value is -5.45. The molecule has 386 valence electrons. The zero-order valence-electron chi connectivity index (χ0n) is 43.8. The number of nitrogens with zero attached hydrogens (tertiary/aromatic N) is 1. The number of methoxy groups -OCH3 is 2. The standard InChI is InChI=1S/C52H70BN5O9.C3H9N/c1-10-11-12-13-14-15-16-33-17-20-35(21-18-33)48(61)54-30-45(59)58(7)46-36-22-24-42(65-9)39(27-36)38-25-34(19-23-41(38)64-8)26-40(57-47(60)31(2)55-50(46)63)49(62)56-32(3)53-66-44-29-37-28-43(51(37,4)5)52(44,6)67-53;1-2-3-4/h17-25,27,31-32,37,40,43-44,46H,10-16,26,28-30H2,1-9H3,(H,54,61)(H,55,63)(H,56,62)(H,57,60);2-4H2,1H3/t31-,32-,37?,40?,43?,44+,46?,52-;/m0./s1. The van der Waals surface area contributed by atoms with Crippen LogP contribution in [-0.2, 0) is 41.3 Å². The van der Waals surface area contributed by atoms with Crippen molar-refractivity contribution >= 4 is 36.7 Å². The van der Waals surface area contributed by atoms with Crippen molar-refractivity contribution in [3.05, 3.63) is 82.9 Å². The van der Waals surface area contributed by atoms with Gasteiger partial charge in [-0.05, 0) is 130 Å². The highest BCUT2D eigenvalue weighted by Gasteiger charge is 2.68. The summed E-state index contributed by atoms with van der Waals surface area (Å²) in [6, 6.07) is 14.6. The summed E-state index contributed by atoms with van der Waals surface area (Å²) < 4.78 is 24.8. The summed E-state index contributed by atoms with van der Waals surface area (Å²) in [6.45, 7) is 14.8. The first-order valence-corrected chi connectivity index (χ1v) is 25.8. The van der Waals surface area contributed by atoms with Crippen LogP contribution in [0.2, 0.25) is 0 Å².